The Hall–Kier alpha value is -1.54. The SMILES string of the molecule is CC(C)(C)[Si](C)(C)OC[C@H]1O[C@@H](n2ccc(=O)[nH]c2=O)C(O[Si](C)(C)C(C)(C)C)[C@H]1OC=O. The van der Waals surface area contributed by atoms with Crippen molar-refractivity contribution in [1.29, 1.82) is 0 Å². The molecule has 2 rings (SSSR count). The molecule has 0 radical (unpaired) electrons. The first kappa shape index (κ1) is 27.7. The van der Waals surface area contributed by atoms with E-state index in [1.165, 1.54) is 16.8 Å². The molecule has 2 heterocycles. The van der Waals surface area contributed by atoms with Gasteiger partial charge in [-0.3, -0.25) is 19.1 Å². The predicted molar refractivity (Wildman–Crippen MR) is 131 cm³/mol. The minimum absolute atomic E-state index is 0.0150. The summed E-state index contributed by atoms with van der Waals surface area (Å²) >= 11 is 0. The van der Waals surface area contributed by atoms with Crippen molar-refractivity contribution < 1.29 is 23.1 Å². The predicted octanol–water partition coefficient (Wildman–Crippen LogP) is 3.39. The first-order valence-corrected chi connectivity index (χ1v) is 17.1. The molecular formula is C22H40N2O7Si2. The quantitative estimate of drug-likeness (QED) is 0.430. The number of ether oxygens (including phenoxy) is 2. The number of H-pyrrole nitrogens is 1. The number of nitrogens with zero attached hydrogens (tertiary/aromatic N) is 1. The van der Waals surface area contributed by atoms with Crippen molar-refractivity contribution in [3.05, 3.63) is 33.1 Å². The molecule has 33 heavy (non-hydrogen) atoms. The van der Waals surface area contributed by atoms with Crippen LogP contribution in [0, 0.1) is 0 Å². The summed E-state index contributed by atoms with van der Waals surface area (Å²) in [5.74, 6) is 0. The molecule has 1 saturated heterocycles. The van der Waals surface area contributed by atoms with Gasteiger partial charge in [0, 0.05) is 12.3 Å². The number of hydrogen-bond acceptors (Lipinski definition) is 7. The van der Waals surface area contributed by atoms with E-state index in [2.05, 4.69) is 72.7 Å². The van der Waals surface area contributed by atoms with Crippen LogP contribution in [0.2, 0.25) is 36.3 Å². The molecule has 0 spiro atoms. The standard InChI is InChI=1S/C22H40N2O7Si2/c1-21(2,3)32(7,8)29-13-15-17(28-14-25)18(31-33(9,10)22(4,5)6)19(30-15)24-12-11-16(26)23-20(24)27/h11-12,14-15,17-19H,13H2,1-10H3,(H,23,26,27)/t15-,17+,18?,19-/m1/s1. The van der Waals surface area contributed by atoms with E-state index in [-0.39, 0.29) is 16.7 Å². The second-order valence-corrected chi connectivity index (χ2v) is 21.3. The Kier molecular flexibility index (Phi) is 8.07. The monoisotopic (exact) mass is 500 g/mol. The van der Waals surface area contributed by atoms with Crippen molar-refractivity contribution in [3.63, 3.8) is 0 Å². The molecule has 1 aromatic rings. The molecule has 1 aliphatic rings. The van der Waals surface area contributed by atoms with Gasteiger partial charge in [-0.05, 0) is 36.3 Å². The number of nitrogens with one attached hydrogen (secondary N) is 1. The van der Waals surface area contributed by atoms with Crippen LogP contribution in [0.15, 0.2) is 21.9 Å². The third-order valence-corrected chi connectivity index (χ3v) is 16.2. The van der Waals surface area contributed by atoms with Crippen LogP contribution < -0.4 is 11.2 Å². The van der Waals surface area contributed by atoms with Gasteiger partial charge in [0.05, 0.1) is 6.61 Å². The van der Waals surface area contributed by atoms with Crippen molar-refractivity contribution in [3.8, 4) is 0 Å². The lowest BCUT2D eigenvalue weighted by Gasteiger charge is -2.40. The molecule has 4 atom stereocenters. The molecule has 0 saturated carbocycles. The maximum absolute atomic E-state index is 12.6. The Bertz CT molecular complexity index is 944. The van der Waals surface area contributed by atoms with E-state index in [4.69, 9.17) is 18.3 Å². The van der Waals surface area contributed by atoms with Gasteiger partial charge in [-0.15, -0.1) is 0 Å². The minimum atomic E-state index is -2.36. The van der Waals surface area contributed by atoms with Gasteiger partial charge >= 0.3 is 5.69 Å². The number of carbonyl (C=O) groups excluding carboxylic acids is 1. The highest BCUT2D eigenvalue weighted by molar-refractivity contribution is 6.74. The third-order valence-electron chi connectivity index (χ3n) is 7.28. The van der Waals surface area contributed by atoms with Crippen LogP contribution in [0.5, 0.6) is 0 Å². The summed E-state index contributed by atoms with van der Waals surface area (Å²) in [5.41, 5.74) is -1.12. The minimum Gasteiger partial charge on any atom is -0.459 e. The van der Waals surface area contributed by atoms with Crippen LogP contribution >= 0.6 is 0 Å². The van der Waals surface area contributed by atoms with Crippen molar-refractivity contribution in [2.24, 2.45) is 0 Å². The number of rotatable bonds is 8. The lowest BCUT2D eigenvalue weighted by Crippen LogP contribution is -2.50. The van der Waals surface area contributed by atoms with Crippen LogP contribution in [-0.4, -0.2) is 57.6 Å². The first-order chi connectivity index (χ1) is 14.9. The van der Waals surface area contributed by atoms with Crippen molar-refractivity contribution in [2.45, 2.75) is 102 Å². The van der Waals surface area contributed by atoms with Gasteiger partial charge in [0.15, 0.2) is 29.0 Å². The summed E-state index contributed by atoms with van der Waals surface area (Å²) in [5, 5.41) is -0.145. The maximum atomic E-state index is 12.6. The van der Waals surface area contributed by atoms with Gasteiger partial charge in [0.25, 0.3) is 12.0 Å². The normalized spacial score (nSPS) is 24.7. The van der Waals surface area contributed by atoms with Gasteiger partial charge in [0.2, 0.25) is 0 Å². The molecular weight excluding hydrogens is 460 g/mol. The van der Waals surface area contributed by atoms with Crippen LogP contribution in [0.1, 0.15) is 47.8 Å². The van der Waals surface area contributed by atoms with Gasteiger partial charge < -0.3 is 18.3 Å². The molecule has 0 amide bonds. The third kappa shape index (κ3) is 6.13. The largest absolute Gasteiger partial charge is 0.459 e. The zero-order valence-electron chi connectivity index (χ0n) is 21.6. The first-order valence-electron chi connectivity index (χ1n) is 11.3. The van der Waals surface area contributed by atoms with E-state index < -0.39 is 52.4 Å². The number of hydrogen-bond donors (Lipinski definition) is 1. The highest BCUT2D eigenvalue weighted by Gasteiger charge is 2.53. The molecule has 0 bridgehead atoms. The maximum Gasteiger partial charge on any atom is 0.330 e. The Labute approximate surface area is 198 Å². The Morgan fingerprint density at radius 2 is 1.61 bits per heavy atom. The van der Waals surface area contributed by atoms with E-state index in [0.717, 1.165) is 0 Å². The fourth-order valence-electron chi connectivity index (χ4n) is 3.07. The van der Waals surface area contributed by atoms with E-state index in [1.807, 2.05) is 0 Å². The topological polar surface area (TPSA) is 109 Å². The summed E-state index contributed by atoms with van der Waals surface area (Å²) in [6, 6.07) is 1.25. The summed E-state index contributed by atoms with van der Waals surface area (Å²) in [6.45, 7) is 21.7. The Balaban J connectivity index is 2.48. The number of aromatic amines is 1. The number of carbonyl (C=O) groups is 1. The van der Waals surface area contributed by atoms with Crippen LogP contribution in [0.25, 0.3) is 0 Å². The molecule has 1 unspecified atom stereocenters. The van der Waals surface area contributed by atoms with Crippen LogP contribution in [0.4, 0.5) is 0 Å². The smallest absolute Gasteiger partial charge is 0.330 e. The second kappa shape index (κ2) is 9.61. The van der Waals surface area contributed by atoms with Crippen molar-refractivity contribution in [1.82, 2.24) is 9.55 Å². The summed E-state index contributed by atoms with van der Waals surface area (Å²) in [7, 11) is -4.47. The molecule has 1 N–H and O–H groups in total. The molecule has 0 aliphatic carbocycles. The molecule has 1 fully saturated rings. The fraction of sp³-hybridized carbons (Fsp3) is 0.773. The van der Waals surface area contributed by atoms with Gasteiger partial charge in [0.1, 0.15) is 12.2 Å². The van der Waals surface area contributed by atoms with Gasteiger partial charge in [-0.2, -0.15) is 0 Å². The summed E-state index contributed by atoms with van der Waals surface area (Å²) < 4.78 is 26.0. The summed E-state index contributed by atoms with van der Waals surface area (Å²) in [6.07, 6.45) is -1.66. The molecule has 0 aromatic carbocycles. The zero-order valence-corrected chi connectivity index (χ0v) is 23.6. The van der Waals surface area contributed by atoms with E-state index in [0.29, 0.717) is 6.47 Å². The Morgan fingerprint density at radius 1 is 1.03 bits per heavy atom. The summed E-state index contributed by atoms with van der Waals surface area (Å²) in [4.78, 5) is 37.9. The van der Waals surface area contributed by atoms with Gasteiger partial charge in [-0.25, -0.2) is 4.79 Å². The molecule has 188 valence electrons. The highest BCUT2D eigenvalue weighted by Crippen LogP contribution is 2.43. The highest BCUT2D eigenvalue weighted by atomic mass is 28.4. The zero-order chi connectivity index (χ0) is 25.4. The van der Waals surface area contributed by atoms with E-state index in [9.17, 15) is 14.4 Å². The molecule has 9 nitrogen and oxygen atoms in total. The fourth-order valence-corrected chi connectivity index (χ4v) is 5.37. The molecule has 1 aliphatic heterocycles. The van der Waals surface area contributed by atoms with E-state index in [1.54, 1.807) is 0 Å². The van der Waals surface area contributed by atoms with Crippen LogP contribution in [-0.2, 0) is 23.1 Å². The molecule has 1 aromatic heterocycles. The van der Waals surface area contributed by atoms with Crippen molar-refractivity contribution >= 4 is 23.1 Å². The number of aromatic nitrogens is 2. The van der Waals surface area contributed by atoms with Crippen molar-refractivity contribution in [2.75, 3.05) is 6.61 Å². The molecule has 11 heteroatoms. The lowest BCUT2D eigenvalue weighted by molar-refractivity contribution is -0.140. The Morgan fingerprint density at radius 3 is 2.09 bits per heavy atom. The average Bonchev–Trinajstić information content (AvgIpc) is 2.95. The lowest BCUT2D eigenvalue weighted by atomic mass is 10.1. The van der Waals surface area contributed by atoms with Gasteiger partial charge in [-0.1, -0.05) is 41.5 Å². The average molecular weight is 501 g/mol. The second-order valence-electron chi connectivity index (χ2n) is 11.7. The van der Waals surface area contributed by atoms with E-state index >= 15 is 0 Å². The van der Waals surface area contributed by atoms with Crippen LogP contribution in [0.3, 0.4) is 0 Å².